The zero-order valence-electron chi connectivity index (χ0n) is 12.6. The molecule has 2 N–H and O–H groups in total. The highest BCUT2D eigenvalue weighted by molar-refractivity contribution is 5.91. The SMILES string of the molecule is CC1(C)CC(=NOC(=O)c2ccccc2)CC(C)(C)[NH2+]1. The van der Waals surface area contributed by atoms with Crippen LogP contribution in [0.5, 0.6) is 0 Å². The highest BCUT2D eigenvalue weighted by atomic mass is 16.7. The molecule has 0 spiro atoms. The number of piperidine rings is 1. The van der Waals surface area contributed by atoms with Crippen LogP contribution in [-0.4, -0.2) is 22.8 Å². The smallest absolute Gasteiger partial charge is 0.337 e. The van der Waals surface area contributed by atoms with E-state index < -0.39 is 5.97 Å². The van der Waals surface area contributed by atoms with E-state index in [-0.39, 0.29) is 11.1 Å². The fraction of sp³-hybridized carbons (Fsp3) is 0.500. The molecule has 1 saturated heterocycles. The summed E-state index contributed by atoms with van der Waals surface area (Å²) in [5.74, 6) is -0.400. The third-order valence-electron chi connectivity index (χ3n) is 3.37. The number of carbonyl (C=O) groups is 1. The lowest BCUT2D eigenvalue weighted by molar-refractivity contribution is -0.780. The predicted molar refractivity (Wildman–Crippen MR) is 78.6 cm³/mol. The van der Waals surface area contributed by atoms with Gasteiger partial charge < -0.3 is 10.2 Å². The lowest BCUT2D eigenvalue weighted by Gasteiger charge is -2.38. The van der Waals surface area contributed by atoms with Gasteiger partial charge >= 0.3 is 5.97 Å². The molecule has 0 amide bonds. The van der Waals surface area contributed by atoms with Gasteiger partial charge in [0.1, 0.15) is 0 Å². The Morgan fingerprint density at radius 3 is 2.20 bits per heavy atom. The molecule has 1 aliphatic heterocycles. The van der Waals surface area contributed by atoms with Gasteiger partial charge in [0.25, 0.3) is 0 Å². The van der Waals surface area contributed by atoms with Gasteiger partial charge in [-0.3, -0.25) is 0 Å². The topological polar surface area (TPSA) is 55.3 Å². The normalized spacial score (nSPS) is 20.3. The highest BCUT2D eigenvalue weighted by Gasteiger charge is 2.40. The van der Waals surface area contributed by atoms with Gasteiger partial charge in [0, 0.05) is 12.8 Å². The van der Waals surface area contributed by atoms with Crippen molar-refractivity contribution in [1.29, 1.82) is 0 Å². The zero-order chi connectivity index (χ0) is 14.8. The van der Waals surface area contributed by atoms with Crippen LogP contribution in [0.25, 0.3) is 0 Å². The Morgan fingerprint density at radius 1 is 1.10 bits per heavy atom. The zero-order valence-corrected chi connectivity index (χ0v) is 12.6. The van der Waals surface area contributed by atoms with Crippen LogP contribution < -0.4 is 5.32 Å². The van der Waals surface area contributed by atoms with E-state index in [1.54, 1.807) is 12.1 Å². The van der Waals surface area contributed by atoms with Gasteiger partial charge in [-0.15, -0.1) is 0 Å². The number of quaternary nitrogens is 1. The highest BCUT2D eigenvalue weighted by Crippen LogP contribution is 2.19. The van der Waals surface area contributed by atoms with E-state index in [0.717, 1.165) is 18.6 Å². The van der Waals surface area contributed by atoms with Crippen LogP contribution in [-0.2, 0) is 4.84 Å². The number of hydrogen-bond acceptors (Lipinski definition) is 3. The largest absolute Gasteiger partial charge is 0.365 e. The second-order valence-electron chi connectivity index (χ2n) is 6.88. The van der Waals surface area contributed by atoms with Gasteiger partial charge in [-0.2, -0.15) is 0 Å². The van der Waals surface area contributed by atoms with E-state index >= 15 is 0 Å². The summed E-state index contributed by atoms with van der Waals surface area (Å²) in [7, 11) is 0. The van der Waals surface area contributed by atoms with Gasteiger partial charge in [0.2, 0.25) is 0 Å². The summed E-state index contributed by atoms with van der Waals surface area (Å²) in [6.45, 7) is 8.73. The first-order chi connectivity index (χ1) is 9.27. The molecule has 0 atom stereocenters. The molecule has 0 saturated carbocycles. The van der Waals surface area contributed by atoms with Gasteiger partial charge in [0.15, 0.2) is 0 Å². The van der Waals surface area contributed by atoms with E-state index in [4.69, 9.17) is 4.84 Å². The van der Waals surface area contributed by atoms with Crippen LogP contribution >= 0.6 is 0 Å². The Hall–Kier alpha value is -1.68. The van der Waals surface area contributed by atoms with Crippen LogP contribution in [0.4, 0.5) is 0 Å². The molecule has 2 rings (SSSR count). The Balaban J connectivity index is 2.06. The van der Waals surface area contributed by atoms with Crippen molar-refractivity contribution in [2.45, 2.75) is 51.6 Å². The van der Waals surface area contributed by atoms with Crippen molar-refractivity contribution >= 4 is 11.7 Å². The standard InChI is InChI=1S/C16H22N2O2/c1-15(2)10-13(11-16(3,4)18-15)17-20-14(19)12-8-6-5-7-9-12/h5-9,18H,10-11H2,1-4H3/p+1. The summed E-state index contributed by atoms with van der Waals surface area (Å²) in [6, 6.07) is 8.94. The van der Waals surface area contributed by atoms with Crippen molar-refractivity contribution in [3.63, 3.8) is 0 Å². The Labute approximate surface area is 120 Å². The van der Waals surface area contributed by atoms with E-state index in [0.29, 0.717) is 5.56 Å². The van der Waals surface area contributed by atoms with Crippen molar-refractivity contribution in [2.24, 2.45) is 5.16 Å². The molecular weight excluding hydrogens is 252 g/mol. The molecule has 4 heteroatoms. The van der Waals surface area contributed by atoms with Crippen LogP contribution in [0.1, 0.15) is 50.9 Å². The number of benzene rings is 1. The molecule has 4 nitrogen and oxygen atoms in total. The quantitative estimate of drug-likeness (QED) is 0.664. The molecule has 1 aromatic rings. The molecule has 0 bridgehead atoms. The Bertz CT molecular complexity index is 501. The van der Waals surface area contributed by atoms with Crippen molar-refractivity contribution in [1.82, 2.24) is 0 Å². The fourth-order valence-electron chi connectivity index (χ4n) is 3.07. The molecule has 0 aliphatic carbocycles. The Morgan fingerprint density at radius 2 is 1.65 bits per heavy atom. The summed E-state index contributed by atoms with van der Waals surface area (Å²) in [6.07, 6.45) is 1.66. The second-order valence-corrected chi connectivity index (χ2v) is 6.88. The van der Waals surface area contributed by atoms with E-state index in [2.05, 4.69) is 38.2 Å². The van der Waals surface area contributed by atoms with Crippen molar-refractivity contribution < 1.29 is 14.9 Å². The number of carbonyl (C=O) groups excluding carboxylic acids is 1. The monoisotopic (exact) mass is 275 g/mol. The molecule has 0 aromatic heterocycles. The summed E-state index contributed by atoms with van der Waals surface area (Å²) < 4.78 is 0. The summed E-state index contributed by atoms with van der Waals surface area (Å²) in [5, 5.41) is 6.46. The first-order valence-corrected chi connectivity index (χ1v) is 6.97. The molecule has 20 heavy (non-hydrogen) atoms. The molecule has 1 heterocycles. The maximum Gasteiger partial charge on any atom is 0.365 e. The number of rotatable bonds is 2. The predicted octanol–water partition coefficient (Wildman–Crippen LogP) is 2.11. The first-order valence-electron chi connectivity index (χ1n) is 6.97. The van der Waals surface area contributed by atoms with Gasteiger partial charge in [-0.25, -0.2) is 4.79 Å². The third kappa shape index (κ3) is 3.90. The fourth-order valence-corrected chi connectivity index (χ4v) is 3.07. The third-order valence-corrected chi connectivity index (χ3v) is 3.37. The molecule has 0 radical (unpaired) electrons. The molecule has 0 unspecified atom stereocenters. The van der Waals surface area contributed by atoms with Crippen LogP contribution in [0.2, 0.25) is 0 Å². The number of nitrogens with zero attached hydrogens (tertiary/aromatic N) is 1. The van der Waals surface area contributed by atoms with Gasteiger partial charge in [-0.1, -0.05) is 23.4 Å². The maximum atomic E-state index is 11.9. The minimum Gasteiger partial charge on any atom is -0.337 e. The van der Waals surface area contributed by atoms with Crippen molar-refractivity contribution in [3.8, 4) is 0 Å². The summed E-state index contributed by atoms with van der Waals surface area (Å²) >= 11 is 0. The van der Waals surface area contributed by atoms with Crippen LogP contribution in [0, 0.1) is 0 Å². The molecule has 1 fully saturated rings. The number of hydrogen-bond donors (Lipinski definition) is 1. The lowest BCUT2D eigenvalue weighted by atomic mass is 9.81. The average Bonchev–Trinajstić information content (AvgIpc) is 2.33. The van der Waals surface area contributed by atoms with Crippen molar-refractivity contribution in [3.05, 3.63) is 35.9 Å². The van der Waals surface area contributed by atoms with Gasteiger partial charge in [0.05, 0.1) is 22.4 Å². The summed E-state index contributed by atoms with van der Waals surface area (Å²) in [4.78, 5) is 17.0. The van der Waals surface area contributed by atoms with E-state index in [9.17, 15) is 4.79 Å². The maximum absolute atomic E-state index is 11.9. The van der Waals surface area contributed by atoms with Crippen LogP contribution in [0.15, 0.2) is 35.5 Å². The Kier molecular flexibility index (Phi) is 3.95. The number of nitrogens with two attached hydrogens (primary N) is 1. The minimum absolute atomic E-state index is 0.0831. The lowest BCUT2D eigenvalue weighted by Crippen LogP contribution is -3.05. The van der Waals surface area contributed by atoms with Crippen LogP contribution in [0.3, 0.4) is 0 Å². The number of oxime groups is 1. The molecule has 1 aliphatic rings. The molecule has 1 aromatic carbocycles. The second kappa shape index (κ2) is 5.37. The average molecular weight is 275 g/mol. The van der Waals surface area contributed by atoms with E-state index in [1.807, 2.05) is 18.2 Å². The van der Waals surface area contributed by atoms with E-state index in [1.165, 1.54) is 0 Å². The van der Waals surface area contributed by atoms with Gasteiger partial charge in [-0.05, 0) is 39.8 Å². The summed E-state index contributed by atoms with van der Waals surface area (Å²) in [5.41, 5.74) is 1.64. The first kappa shape index (κ1) is 14.7. The minimum atomic E-state index is -0.400. The molecule has 108 valence electrons. The van der Waals surface area contributed by atoms with Crippen molar-refractivity contribution in [2.75, 3.05) is 0 Å². The molecular formula is C16H23N2O2+.